The molecule has 0 bridgehead atoms. The van der Waals surface area contributed by atoms with Crippen molar-refractivity contribution in [2.75, 3.05) is 19.5 Å². The molecule has 0 saturated carbocycles. The molecule has 27 heavy (non-hydrogen) atoms. The van der Waals surface area contributed by atoms with Gasteiger partial charge in [-0.15, -0.1) is 11.3 Å². The van der Waals surface area contributed by atoms with Gasteiger partial charge in [0.25, 0.3) is 11.8 Å². The second-order valence-corrected chi connectivity index (χ2v) is 6.97. The lowest BCUT2D eigenvalue weighted by molar-refractivity contribution is 0.0784. The molecule has 0 fully saturated rings. The maximum absolute atomic E-state index is 12.8. The number of nitrogens with zero attached hydrogens (tertiary/aromatic N) is 1. The zero-order valence-corrected chi connectivity index (χ0v) is 16.0. The van der Waals surface area contributed by atoms with Crippen molar-refractivity contribution >= 4 is 28.8 Å². The van der Waals surface area contributed by atoms with Crippen LogP contribution in [0.25, 0.3) is 0 Å². The molecule has 0 atom stereocenters. The number of anilines is 1. The Morgan fingerprint density at radius 1 is 1.07 bits per heavy atom. The predicted molar refractivity (Wildman–Crippen MR) is 108 cm³/mol. The third-order valence-electron chi connectivity index (χ3n) is 4.01. The number of carbonyl (C=O) groups is 2. The molecule has 138 valence electrons. The average molecular weight is 380 g/mol. The van der Waals surface area contributed by atoms with E-state index >= 15 is 0 Å². The van der Waals surface area contributed by atoms with E-state index in [0.717, 1.165) is 11.3 Å². The average Bonchev–Trinajstić information content (AvgIpc) is 3.22. The Labute approximate surface area is 162 Å². The highest BCUT2D eigenvalue weighted by molar-refractivity contribution is 7.12. The van der Waals surface area contributed by atoms with Gasteiger partial charge in [0.1, 0.15) is 5.75 Å². The van der Waals surface area contributed by atoms with E-state index in [1.54, 1.807) is 49.4 Å². The van der Waals surface area contributed by atoms with E-state index < -0.39 is 0 Å². The highest BCUT2D eigenvalue weighted by atomic mass is 32.1. The minimum absolute atomic E-state index is 0.120. The van der Waals surface area contributed by atoms with Crippen LogP contribution in [0, 0.1) is 0 Å². The number of thiophene rings is 1. The minimum atomic E-state index is -0.181. The number of carbonyl (C=O) groups excluding carboxylic acids is 2. The maximum Gasteiger partial charge on any atom is 0.265 e. The van der Waals surface area contributed by atoms with Crippen molar-refractivity contribution in [2.45, 2.75) is 6.54 Å². The van der Waals surface area contributed by atoms with Crippen LogP contribution in [0.2, 0.25) is 0 Å². The smallest absolute Gasteiger partial charge is 0.265 e. The van der Waals surface area contributed by atoms with Crippen molar-refractivity contribution in [3.63, 3.8) is 0 Å². The maximum atomic E-state index is 12.8. The van der Waals surface area contributed by atoms with Gasteiger partial charge >= 0.3 is 0 Å². The number of methoxy groups -OCH3 is 1. The minimum Gasteiger partial charge on any atom is -0.497 e. The van der Waals surface area contributed by atoms with Crippen LogP contribution in [-0.2, 0) is 6.54 Å². The normalized spacial score (nSPS) is 10.3. The van der Waals surface area contributed by atoms with Crippen LogP contribution in [0.3, 0.4) is 0 Å². The second kappa shape index (κ2) is 8.51. The largest absolute Gasteiger partial charge is 0.497 e. The van der Waals surface area contributed by atoms with Crippen molar-refractivity contribution < 1.29 is 14.3 Å². The summed E-state index contributed by atoms with van der Waals surface area (Å²) in [5, 5.41) is 4.68. The third kappa shape index (κ3) is 4.74. The van der Waals surface area contributed by atoms with Crippen LogP contribution in [0.4, 0.5) is 5.69 Å². The lowest BCUT2D eigenvalue weighted by Crippen LogP contribution is -2.26. The Morgan fingerprint density at radius 2 is 1.89 bits per heavy atom. The van der Waals surface area contributed by atoms with Gasteiger partial charge in [0.15, 0.2) is 0 Å². The third-order valence-corrected chi connectivity index (χ3v) is 4.88. The van der Waals surface area contributed by atoms with E-state index in [2.05, 4.69) is 5.32 Å². The van der Waals surface area contributed by atoms with E-state index in [1.165, 1.54) is 11.3 Å². The van der Waals surface area contributed by atoms with E-state index in [4.69, 9.17) is 4.74 Å². The molecular weight excluding hydrogens is 360 g/mol. The van der Waals surface area contributed by atoms with Gasteiger partial charge in [0, 0.05) is 24.8 Å². The van der Waals surface area contributed by atoms with Gasteiger partial charge in [-0.25, -0.2) is 0 Å². The summed E-state index contributed by atoms with van der Waals surface area (Å²) in [7, 11) is 3.36. The van der Waals surface area contributed by atoms with Crippen LogP contribution in [0.1, 0.15) is 25.6 Å². The molecular formula is C21H20N2O3S. The van der Waals surface area contributed by atoms with Gasteiger partial charge in [-0.1, -0.05) is 24.3 Å². The fourth-order valence-corrected chi connectivity index (χ4v) is 3.29. The molecule has 2 amide bonds. The zero-order valence-electron chi connectivity index (χ0n) is 15.1. The van der Waals surface area contributed by atoms with Crippen molar-refractivity contribution in [3.05, 3.63) is 82.0 Å². The fourth-order valence-electron chi connectivity index (χ4n) is 2.67. The molecule has 0 unspecified atom stereocenters. The Balaban J connectivity index is 1.69. The molecule has 1 heterocycles. The van der Waals surface area contributed by atoms with Crippen molar-refractivity contribution in [1.82, 2.24) is 4.90 Å². The SMILES string of the molecule is COc1cccc(CN(C)C(=O)c2cccc(NC(=O)c3cccs3)c2)c1. The van der Waals surface area contributed by atoms with Gasteiger partial charge in [-0.3, -0.25) is 9.59 Å². The molecule has 0 aliphatic heterocycles. The first-order valence-corrected chi connectivity index (χ1v) is 9.28. The highest BCUT2D eigenvalue weighted by Crippen LogP contribution is 2.18. The lowest BCUT2D eigenvalue weighted by Gasteiger charge is -2.18. The van der Waals surface area contributed by atoms with Gasteiger partial charge < -0.3 is 15.0 Å². The molecule has 5 nitrogen and oxygen atoms in total. The number of hydrogen-bond donors (Lipinski definition) is 1. The van der Waals surface area contributed by atoms with Crippen molar-refractivity contribution in [2.24, 2.45) is 0 Å². The molecule has 1 aromatic heterocycles. The lowest BCUT2D eigenvalue weighted by atomic mass is 10.1. The fraction of sp³-hybridized carbons (Fsp3) is 0.143. The Hall–Kier alpha value is -3.12. The standard InChI is InChI=1S/C21H20N2O3S/c1-23(14-15-6-3-9-18(12-15)26-2)21(25)16-7-4-8-17(13-16)22-20(24)19-10-5-11-27-19/h3-13H,14H2,1-2H3,(H,22,24). The van der Waals surface area contributed by atoms with Gasteiger partial charge in [0.2, 0.25) is 0 Å². The summed E-state index contributed by atoms with van der Waals surface area (Å²) in [5.41, 5.74) is 2.09. The van der Waals surface area contributed by atoms with Crippen molar-refractivity contribution in [3.8, 4) is 5.75 Å². The van der Waals surface area contributed by atoms with E-state index in [-0.39, 0.29) is 11.8 Å². The molecule has 1 N–H and O–H groups in total. The summed E-state index contributed by atoms with van der Waals surface area (Å²) in [6.07, 6.45) is 0. The zero-order chi connectivity index (χ0) is 19.2. The number of hydrogen-bond acceptors (Lipinski definition) is 4. The Kier molecular flexibility index (Phi) is 5.88. The molecule has 3 aromatic rings. The quantitative estimate of drug-likeness (QED) is 0.694. The summed E-state index contributed by atoms with van der Waals surface area (Å²) in [4.78, 5) is 27.2. The van der Waals surface area contributed by atoms with E-state index in [9.17, 15) is 9.59 Å². The molecule has 0 aliphatic rings. The first-order chi connectivity index (χ1) is 13.1. The number of benzene rings is 2. The summed E-state index contributed by atoms with van der Waals surface area (Å²) in [6, 6.07) is 18.2. The highest BCUT2D eigenvalue weighted by Gasteiger charge is 2.14. The first-order valence-electron chi connectivity index (χ1n) is 8.40. The van der Waals surface area contributed by atoms with E-state index in [1.807, 2.05) is 35.7 Å². The Bertz CT molecular complexity index is 938. The van der Waals surface area contributed by atoms with Crippen LogP contribution in [0.5, 0.6) is 5.75 Å². The molecule has 0 radical (unpaired) electrons. The monoisotopic (exact) mass is 380 g/mol. The van der Waals surface area contributed by atoms with Crippen LogP contribution in [0.15, 0.2) is 66.0 Å². The summed E-state index contributed by atoms with van der Waals surface area (Å²) < 4.78 is 5.22. The van der Waals surface area contributed by atoms with Gasteiger partial charge in [0.05, 0.1) is 12.0 Å². The van der Waals surface area contributed by atoms with Gasteiger partial charge in [-0.05, 0) is 47.3 Å². The number of amides is 2. The van der Waals surface area contributed by atoms with Crippen molar-refractivity contribution in [1.29, 1.82) is 0 Å². The van der Waals surface area contributed by atoms with Crippen LogP contribution >= 0.6 is 11.3 Å². The molecule has 0 spiro atoms. The Morgan fingerprint density at radius 3 is 2.63 bits per heavy atom. The second-order valence-electron chi connectivity index (χ2n) is 6.02. The van der Waals surface area contributed by atoms with Crippen LogP contribution in [-0.4, -0.2) is 30.9 Å². The molecule has 0 aliphatic carbocycles. The predicted octanol–water partition coefficient (Wildman–Crippen LogP) is 4.28. The summed E-state index contributed by atoms with van der Waals surface area (Å²) >= 11 is 1.37. The summed E-state index contributed by atoms with van der Waals surface area (Å²) in [6.45, 7) is 0.460. The van der Waals surface area contributed by atoms with Gasteiger partial charge in [-0.2, -0.15) is 0 Å². The topological polar surface area (TPSA) is 58.6 Å². The first kappa shape index (κ1) is 18.7. The van der Waals surface area contributed by atoms with E-state index in [0.29, 0.717) is 22.7 Å². The molecule has 6 heteroatoms. The number of ether oxygens (including phenoxy) is 1. The molecule has 2 aromatic carbocycles. The summed E-state index contributed by atoms with van der Waals surface area (Å²) in [5.74, 6) is 0.455. The van der Waals surface area contributed by atoms with Crippen LogP contribution < -0.4 is 10.1 Å². The number of rotatable bonds is 6. The number of nitrogens with one attached hydrogen (secondary N) is 1. The molecule has 3 rings (SSSR count). The molecule has 0 saturated heterocycles.